The zero-order valence-electron chi connectivity index (χ0n) is 12.4. The van der Waals surface area contributed by atoms with Gasteiger partial charge in [-0.2, -0.15) is 0 Å². The molecule has 1 saturated carbocycles. The van der Waals surface area contributed by atoms with Gasteiger partial charge in [-0.3, -0.25) is 9.59 Å². The molecule has 1 aliphatic heterocycles. The normalized spacial score (nSPS) is 25.5. The molecule has 2 unspecified atom stereocenters. The van der Waals surface area contributed by atoms with Crippen LogP contribution in [0.2, 0.25) is 0 Å². The minimum absolute atomic E-state index is 0.00962. The first-order valence-corrected chi connectivity index (χ1v) is 7.91. The second kappa shape index (κ2) is 7.07. The Morgan fingerprint density at radius 2 is 1.90 bits per heavy atom. The van der Waals surface area contributed by atoms with Crippen LogP contribution in [0.25, 0.3) is 0 Å². The predicted octanol–water partition coefficient (Wildman–Crippen LogP) is 1.02. The second-order valence-electron chi connectivity index (χ2n) is 6.12. The van der Waals surface area contributed by atoms with E-state index in [-0.39, 0.29) is 23.9 Å². The van der Waals surface area contributed by atoms with Gasteiger partial charge in [0.15, 0.2) is 0 Å². The molecule has 20 heavy (non-hydrogen) atoms. The van der Waals surface area contributed by atoms with E-state index in [0.717, 1.165) is 25.7 Å². The number of likely N-dealkylation sites (tertiary alicyclic amines) is 1. The lowest BCUT2D eigenvalue weighted by Gasteiger charge is -2.32. The molecular formula is C15H27N3O2. The molecule has 0 spiro atoms. The van der Waals surface area contributed by atoms with Gasteiger partial charge in [0.25, 0.3) is 0 Å². The van der Waals surface area contributed by atoms with E-state index in [1.807, 2.05) is 0 Å². The Kier molecular flexibility index (Phi) is 5.40. The third-order valence-corrected chi connectivity index (χ3v) is 4.76. The monoisotopic (exact) mass is 281 g/mol. The van der Waals surface area contributed by atoms with Crippen LogP contribution >= 0.6 is 0 Å². The summed E-state index contributed by atoms with van der Waals surface area (Å²) in [6, 6.07) is -0.220. The third kappa shape index (κ3) is 3.51. The van der Waals surface area contributed by atoms with Crippen molar-refractivity contribution in [3.63, 3.8) is 0 Å². The van der Waals surface area contributed by atoms with Crippen LogP contribution in [0.15, 0.2) is 0 Å². The highest BCUT2D eigenvalue weighted by Gasteiger charge is 2.34. The molecule has 2 amide bonds. The first-order chi connectivity index (χ1) is 9.63. The molecule has 1 heterocycles. The molecule has 2 fully saturated rings. The number of carbonyl (C=O) groups is 2. The van der Waals surface area contributed by atoms with E-state index in [2.05, 4.69) is 5.32 Å². The van der Waals surface area contributed by atoms with Gasteiger partial charge >= 0.3 is 0 Å². The summed E-state index contributed by atoms with van der Waals surface area (Å²) in [6.07, 6.45) is 7.76. The van der Waals surface area contributed by atoms with Crippen LogP contribution in [0, 0.1) is 5.92 Å². The molecule has 0 bridgehead atoms. The fourth-order valence-electron chi connectivity index (χ4n) is 3.60. The first-order valence-electron chi connectivity index (χ1n) is 7.91. The number of nitrogens with two attached hydrogens (primary N) is 1. The van der Waals surface area contributed by atoms with E-state index >= 15 is 0 Å². The van der Waals surface area contributed by atoms with Gasteiger partial charge in [0.1, 0.15) is 6.04 Å². The van der Waals surface area contributed by atoms with E-state index in [4.69, 9.17) is 5.73 Å². The van der Waals surface area contributed by atoms with Gasteiger partial charge in [0.05, 0.1) is 0 Å². The van der Waals surface area contributed by atoms with Gasteiger partial charge in [-0.05, 0) is 31.6 Å². The van der Waals surface area contributed by atoms with Crippen molar-refractivity contribution in [2.45, 2.75) is 64.0 Å². The summed E-state index contributed by atoms with van der Waals surface area (Å²) in [5.74, 6) is 0.480. The van der Waals surface area contributed by atoms with Crippen LogP contribution in [0.3, 0.4) is 0 Å². The van der Waals surface area contributed by atoms with Crippen LogP contribution in [0.4, 0.5) is 0 Å². The summed E-state index contributed by atoms with van der Waals surface area (Å²) in [4.78, 5) is 25.6. The Balaban J connectivity index is 1.92. The Morgan fingerprint density at radius 3 is 2.50 bits per heavy atom. The Labute approximate surface area is 121 Å². The molecule has 2 atom stereocenters. The fourth-order valence-corrected chi connectivity index (χ4v) is 3.60. The van der Waals surface area contributed by atoms with Crippen LogP contribution in [-0.4, -0.2) is 41.9 Å². The average molecular weight is 281 g/mol. The van der Waals surface area contributed by atoms with E-state index in [0.29, 0.717) is 19.0 Å². The van der Waals surface area contributed by atoms with Gasteiger partial charge in [-0.25, -0.2) is 0 Å². The molecule has 0 aromatic carbocycles. The smallest absolute Gasteiger partial charge is 0.243 e. The van der Waals surface area contributed by atoms with Crippen LogP contribution in [0.5, 0.6) is 0 Å². The van der Waals surface area contributed by atoms with Gasteiger partial charge in [-0.1, -0.05) is 19.3 Å². The Bertz CT molecular complexity index is 353. The molecule has 3 N–H and O–H groups in total. The number of nitrogens with zero attached hydrogens (tertiary/aromatic N) is 1. The lowest BCUT2D eigenvalue weighted by atomic mass is 9.84. The van der Waals surface area contributed by atoms with Gasteiger partial charge < -0.3 is 16.0 Å². The molecule has 5 heteroatoms. The van der Waals surface area contributed by atoms with Crippen molar-refractivity contribution in [1.82, 2.24) is 10.2 Å². The number of nitrogens with one attached hydrogen (secondary N) is 1. The summed E-state index contributed by atoms with van der Waals surface area (Å²) >= 11 is 0. The topological polar surface area (TPSA) is 75.4 Å². The lowest BCUT2D eigenvalue weighted by molar-refractivity contribution is -0.137. The molecule has 1 aliphatic carbocycles. The van der Waals surface area contributed by atoms with E-state index in [1.165, 1.54) is 26.2 Å². The molecule has 5 nitrogen and oxygen atoms in total. The van der Waals surface area contributed by atoms with Crippen molar-refractivity contribution >= 4 is 11.8 Å². The Hall–Kier alpha value is -1.10. The zero-order chi connectivity index (χ0) is 14.5. The second-order valence-corrected chi connectivity index (χ2v) is 6.12. The SMILES string of the molecule is CC(=O)N1CCCC1C(=O)NC(CN)C1CCCCC1. The van der Waals surface area contributed by atoms with E-state index < -0.39 is 0 Å². The van der Waals surface area contributed by atoms with Crippen molar-refractivity contribution < 1.29 is 9.59 Å². The molecule has 0 aromatic rings. The Morgan fingerprint density at radius 1 is 1.20 bits per heavy atom. The minimum Gasteiger partial charge on any atom is -0.350 e. The highest BCUT2D eigenvalue weighted by Crippen LogP contribution is 2.26. The van der Waals surface area contributed by atoms with Gasteiger partial charge in [0.2, 0.25) is 11.8 Å². The lowest BCUT2D eigenvalue weighted by Crippen LogP contribution is -2.52. The number of amides is 2. The largest absolute Gasteiger partial charge is 0.350 e. The molecule has 2 rings (SSSR count). The summed E-state index contributed by atoms with van der Waals surface area (Å²) in [7, 11) is 0. The quantitative estimate of drug-likeness (QED) is 0.808. The van der Waals surface area contributed by atoms with Crippen molar-refractivity contribution in [3.8, 4) is 0 Å². The summed E-state index contributed by atoms with van der Waals surface area (Å²) in [5, 5.41) is 3.11. The van der Waals surface area contributed by atoms with Crippen molar-refractivity contribution in [1.29, 1.82) is 0 Å². The summed E-state index contributed by atoms with van der Waals surface area (Å²) < 4.78 is 0. The molecule has 1 saturated heterocycles. The predicted molar refractivity (Wildman–Crippen MR) is 78.0 cm³/mol. The maximum Gasteiger partial charge on any atom is 0.243 e. The molecule has 114 valence electrons. The van der Waals surface area contributed by atoms with Crippen molar-refractivity contribution in [2.75, 3.05) is 13.1 Å². The van der Waals surface area contributed by atoms with Crippen LogP contribution < -0.4 is 11.1 Å². The maximum absolute atomic E-state index is 12.4. The number of rotatable bonds is 4. The summed E-state index contributed by atoms with van der Waals surface area (Å²) in [6.45, 7) is 2.72. The fraction of sp³-hybridized carbons (Fsp3) is 0.867. The maximum atomic E-state index is 12.4. The highest BCUT2D eigenvalue weighted by atomic mass is 16.2. The molecule has 2 aliphatic rings. The van der Waals surface area contributed by atoms with Gasteiger partial charge in [0, 0.05) is 26.1 Å². The van der Waals surface area contributed by atoms with E-state index in [1.54, 1.807) is 4.90 Å². The summed E-state index contributed by atoms with van der Waals surface area (Å²) in [5.41, 5.74) is 5.85. The third-order valence-electron chi connectivity index (χ3n) is 4.76. The van der Waals surface area contributed by atoms with Crippen LogP contribution in [-0.2, 0) is 9.59 Å². The number of carbonyl (C=O) groups excluding carboxylic acids is 2. The average Bonchev–Trinajstić information content (AvgIpc) is 2.95. The van der Waals surface area contributed by atoms with Crippen molar-refractivity contribution in [2.24, 2.45) is 11.7 Å². The first kappa shape index (κ1) is 15.3. The number of hydrogen-bond donors (Lipinski definition) is 2. The standard InChI is InChI=1S/C15H27N3O2/c1-11(19)18-9-5-8-14(18)15(20)17-13(10-16)12-6-3-2-4-7-12/h12-14H,2-10,16H2,1H3,(H,17,20). The number of hydrogen-bond acceptors (Lipinski definition) is 3. The molecule has 0 aromatic heterocycles. The zero-order valence-corrected chi connectivity index (χ0v) is 12.4. The minimum atomic E-state index is -0.287. The molecular weight excluding hydrogens is 254 g/mol. The van der Waals surface area contributed by atoms with E-state index in [9.17, 15) is 9.59 Å². The highest BCUT2D eigenvalue weighted by molar-refractivity contribution is 5.87. The van der Waals surface area contributed by atoms with Crippen molar-refractivity contribution in [3.05, 3.63) is 0 Å². The van der Waals surface area contributed by atoms with Crippen LogP contribution in [0.1, 0.15) is 51.9 Å². The molecule has 0 radical (unpaired) electrons. The van der Waals surface area contributed by atoms with Gasteiger partial charge in [-0.15, -0.1) is 0 Å².